The molecule has 2 nitrogen and oxygen atoms in total. The van der Waals surface area contributed by atoms with Gasteiger partial charge in [0.2, 0.25) is 0 Å². The van der Waals surface area contributed by atoms with E-state index >= 15 is 0 Å². The van der Waals surface area contributed by atoms with Crippen LogP contribution in [0.15, 0.2) is 12.2 Å². The molecule has 0 aromatic rings. The van der Waals surface area contributed by atoms with Crippen LogP contribution in [-0.2, 0) is 4.79 Å². The number of halogens is 8. The van der Waals surface area contributed by atoms with Crippen LogP contribution in [0.5, 0.6) is 0 Å². The van der Waals surface area contributed by atoms with E-state index in [2.05, 4.69) is 0 Å². The lowest BCUT2D eigenvalue weighted by Crippen LogP contribution is -2.56. The molecule has 0 atom stereocenters. The van der Waals surface area contributed by atoms with Gasteiger partial charge in [0.1, 0.15) is 0 Å². The van der Waals surface area contributed by atoms with Gasteiger partial charge in [0, 0.05) is 6.08 Å². The predicted molar refractivity (Wildman–Crippen MR) is 37.6 cm³/mol. The minimum Gasteiger partial charge on any atom is -0.478 e. The van der Waals surface area contributed by atoms with Crippen LogP contribution in [0, 0.1) is 0 Å². The molecule has 0 bridgehead atoms. The van der Waals surface area contributed by atoms with Gasteiger partial charge in [0.05, 0.1) is 0 Å². The zero-order valence-corrected chi connectivity index (χ0v) is 7.61. The van der Waals surface area contributed by atoms with Crippen molar-refractivity contribution in [3.8, 4) is 0 Å². The van der Waals surface area contributed by atoms with E-state index in [-0.39, 0.29) is 0 Å². The van der Waals surface area contributed by atoms with Crippen molar-refractivity contribution >= 4 is 5.97 Å². The van der Waals surface area contributed by atoms with Gasteiger partial charge >= 0.3 is 30.2 Å². The summed E-state index contributed by atoms with van der Waals surface area (Å²) in [5.41, 5.74) is 0. The third-order valence-electron chi connectivity index (χ3n) is 1.55. The fraction of sp³-hybridized carbons (Fsp3) is 0.571. The Morgan fingerprint density at radius 3 is 1.76 bits per heavy atom. The smallest absolute Gasteiger partial charge is 0.381 e. The van der Waals surface area contributed by atoms with E-state index in [4.69, 9.17) is 5.11 Å². The van der Waals surface area contributed by atoms with E-state index in [0.717, 1.165) is 0 Å². The summed E-state index contributed by atoms with van der Waals surface area (Å²) in [6.45, 7) is 0. The SMILES string of the molecule is O=C(O)C=CC(F)(F)C(F)(F)C(F)(F)C(F)F. The molecule has 0 spiro atoms. The number of carboxylic acids is 1. The van der Waals surface area contributed by atoms with Gasteiger partial charge in [-0.3, -0.25) is 0 Å². The Labute approximate surface area is 88.5 Å². The minimum absolute atomic E-state index is 0.546. The molecular weight excluding hydrogens is 268 g/mol. The summed E-state index contributed by atoms with van der Waals surface area (Å²) >= 11 is 0. The lowest BCUT2D eigenvalue weighted by Gasteiger charge is -2.30. The lowest BCUT2D eigenvalue weighted by atomic mass is 10.0. The topological polar surface area (TPSA) is 37.3 Å². The van der Waals surface area contributed by atoms with Gasteiger partial charge in [-0.2, -0.15) is 26.3 Å². The molecule has 0 aromatic heterocycles. The van der Waals surface area contributed by atoms with Crippen molar-refractivity contribution < 1.29 is 45.0 Å². The third kappa shape index (κ3) is 2.86. The molecule has 0 aliphatic heterocycles. The molecule has 1 N–H and O–H groups in total. The van der Waals surface area contributed by atoms with Gasteiger partial charge in [-0.15, -0.1) is 0 Å². The van der Waals surface area contributed by atoms with Gasteiger partial charge in [0.25, 0.3) is 0 Å². The lowest BCUT2D eigenvalue weighted by molar-refractivity contribution is -0.325. The summed E-state index contributed by atoms with van der Waals surface area (Å²) in [5, 5.41) is 7.85. The second-order valence-corrected chi connectivity index (χ2v) is 2.79. The molecule has 17 heavy (non-hydrogen) atoms. The molecule has 0 aliphatic rings. The highest BCUT2D eigenvalue weighted by molar-refractivity contribution is 5.79. The molecule has 0 amide bonds. The van der Waals surface area contributed by atoms with Gasteiger partial charge < -0.3 is 5.11 Å². The molecule has 10 heteroatoms. The summed E-state index contributed by atoms with van der Waals surface area (Å²) < 4.78 is 97.4. The van der Waals surface area contributed by atoms with Crippen LogP contribution in [0.25, 0.3) is 0 Å². The summed E-state index contributed by atoms with van der Waals surface area (Å²) in [5.74, 6) is -20.6. The number of rotatable bonds is 5. The monoisotopic (exact) mass is 272 g/mol. The van der Waals surface area contributed by atoms with Crippen molar-refractivity contribution in [1.29, 1.82) is 0 Å². The summed E-state index contributed by atoms with van der Waals surface area (Å²) in [7, 11) is 0. The molecule has 100 valence electrons. The molecule has 0 unspecified atom stereocenters. The second kappa shape index (κ2) is 4.49. The normalized spacial score (nSPS) is 14.6. The Morgan fingerprint density at radius 1 is 1.06 bits per heavy atom. The van der Waals surface area contributed by atoms with Crippen LogP contribution in [0.1, 0.15) is 0 Å². The van der Waals surface area contributed by atoms with Crippen molar-refractivity contribution in [2.45, 2.75) is 24.2 Å². The Bertz CT molecular complexity index is 322. The summed E-state index contributed by atoms with van der Waals surface area (Å²) in [6, 6.07) is 0. The van der Waals surface area contributed by atoms with Crippen LogP contribution in [0.2, 0.25) is 0 Å². The molecule has 0 heterocycles. The first-order valence-corrected chi connectivity index (χ1v) is 3.70. The fourth-order valence-electron chi connectivity index (χ4n) is 0.640. The number of aliphatic carboxylic acids is 1. The van der Waals surface area contributed by atoms with Crippen LogP contribution >= 0.6 is 0 Å². The van der Waals surface area contributed by atoms with E-state index in [1.807, 2.05) is 0 Å². The molecule has 0 saturated heterocycles. The van der Waals surface area contributed by atoms with Gasteiger partial charge in [-0.1, -0.05) is 0 Å². The van der Waals surface area contributed by atoms with Gasteiger partial charge in [-0.25, -0.2) is 13.6 Å². The largest absolute Gasteiger partial charge is 0.478 e. The van der Waals surface area contributed by atoms with Crippen LogP contribution in [-0.4, -0.2) is 35.3 Å². The summed E-state index contributed by atoms with van der Waals surface area (Å²) in [4.78, 5) is 9.76. The van der Waals surface area contributed by atoms with E-state index in [1.165, 1.54) is 0 Å². The van der Waals surface area contributed by atoms with Crippen molar-refractivity contribution in [2.75, 3.05) is 0 Å². The highest BCUT2D eigenvalue weighted by Crippen LogP contribution is 2.48. The molecule has 0 aromatic carbocycles. The maximum atomic E-state index is 12.5. The summed E-state index contributed by atoms with van der Waals surface area (Å²) in [6.07, 6.45) is -6.65. The molecule has 0 aliphatic carbocycles. The highest BCUT2D eigenvalue weighted by atomic mass is 19.4. The maximum Gasteiger partial charge on any atom is 0.381 e. The van der Waals surface area contributed by atoms with Crippen LogP contribution in [0.4, 0.5) is 35.1 Å². The van der Waals surface area contributed by atoms with Gasteiger partial charge in [0.15, 0.2) is 0 Å². The minimum atomic E-state index is -6.42. The first kappa shape index (κ1) is 15.6. The number of hydrogen-bond acceptors (Lipinski definition) is 1. The molecule has 0 saturated carbocycles. The van der Waals surface area contributed by atoms with Crippen molar-refractivity contribution in [3.63, 3.8) is 0 Å². The average Bonchev–Trinajstić information content (AvgIpc) is 2.14. The third-order valence-corrected chi connectivity index (χ3v) is 1.55. The zero-order valence-electron chi connectivity index (χ0n) is 7.61. The quantitative estimate of drug-likeness (QED) is 0.617. The standard InChI is InChI=1S/C7H4F8O2/c8-4(9)6(12,13)7(14,15)5(10,11)2-1-3(16)17/h1-2,4H,(H,16,17). The Morgan fingerprint density at radius 2 is 1.47 bits per heavy atom. The maximum absolute atomic E-state index is 12.5. The second-order valence-electron chi connectivity index (χ2n) is 2.79. The van der Waals surface area contributed by atoms with Crippen LogP contribution < -0.4 is 0 Å². The number of carbonyl (C=O) groups is 1. The fourth-order valence-corrected chi connectivity index (χ4v) is 0.640. The van der Waals surface area contributed by atoms with Gasteiger partial charge in [-0.05, 0) is 6.08 Å². The predicted octanol–water partition coefficient (Wildman–Crippen LogP) is 2.80. The van der Waals surface area contributed by atoms with E-state index in [1.54, 1.807) is 0 Å². The number of hydrogen-bond donors (Lipinski definition) is 1. The number of allylic oxidation sites excluding steroid dienone is 1. The highest BCUT2D eigenvalue weighted by Gasteiger charge is 2.74. The Balaban J connectivity index is 5.36. The van der Waals surface area contributed by atoms with Crippen molar-refractivity contribution in [1.82, 2.24) is 0 Å². The van der Waals surface area contributed by atoms with E-state index < -0.39 is 42.3 Å². The van der Waals surface area contributed by atoms with E-state index in [0.29, 0.717) is 0 Å². The first-order valence-electron chi connectivity index (χ1n) is 3.70. The average molecular weight is 272 g/mol. The molecule has 0 fully saturated rings. The number of alkyl halides is 8. The first-order chi connectivity index (χ1) is 7.36. The number of carboxylic acid groups (broad SMARTS) is 1. The molecule has 0 rings (SSSR count). The van der Waals surface area contributed by atoms with E-state index in [9.17, 15) is 39.9 Å². The van der Waals surface area contributed by atoms with Crippen molar-refractivity contribution in [2.24, 2.45) is 0 Å². The Kier molecular flexibility index (Phi) is 4.14. The van der Waals surface area contributed by atoms with Crippen molar-refractivity contribution in [3.05, 3.63) is 12.2 Å². The Hall–Kier alpha value is -1.35. The molecular formula is C7H4F8O2. The zero-order chi connectivity index (χ0) is 14.1. The molecule has 0 radical (unpaired) electrons. The van der Waals surface area contributed by atoms with Crippen LogP contribution in [0.3, 0.4) is 0 Å².